The number of carbonyl (C=O) groups excluding carboxylic acids is 1. The number of fused-ring (bicyclic) bond motifs is 3. The number of hydrogen-bond acceptors (Lipinski definition) is 3. The summed E-state index contributed by atoms with van der Waals surface area (Å²) >= 11 is 0. The third kappa shape index (κ3) is 2.93. The van der Waals surface area contributed by atoms with Crippen molar-refractivity contribution in [2.75, 3.05) is 6.54 Å². The van der Waals surface area contributed by atoms with Gasteiger partial charge in [0.2, 0.25) is 0 Å². The van der Waals surface area contributed by atoms with Crippen molar-refractivity contribution < 1.29 is 4.79 Å². The first kappa shape index (κ1) is 17.7. The van der Waals surface area contributed by atoms with Crippen LogP contribution >= 0.6 is 0 Å². The van der Waals surface area contributed by atoms with E-state index < -0.39 is 0 Å². The molecule has 0 radical (unpaired) electrons. The fraction of sp³-hybridized carbons (Fsp3) is 0.125. The summed E-state index contributed by atoms with van der Waals surface area (Å²) in [6.07, 6.45) is 4.69. The first-order valence-corrected chi connectivity index (χ1v) is 10.2. The molecule has 0 saturated heterocycles. The van der Waals surface area contributed by atoms with Crippen LogP contribution in [-0.4, -0.2) is 36.7 Å². The fourth-order valence-electron chi connectivity index (χ4n) is 4.40. The van der Waals surface area contributed by atoms with Gasteiger partial charge in [-0.2, -0.15) is 0 Å². The van der Waals surface area contributed by atoms with E-state index in [2.05, 4.69) is 15.0 Å². The first-order chi connectivity index (χ1) is 15.2. The Hall–Kier alpha value is -4.13. The minimum atomic E-state index is -0.236. The van der Waals surface area contributed by atoms with E-state index in [4.69, 9.17) is 0 Å². The standard InChI is InChI=1S/C24H19N5O2/c30-23-22-16(13-29(23)11-9-17-14-28-10-2-1-6-21(28)25-17)4-3-5-18(22)15-7-8-19-20(12-15)27-24(31)26-19/h1-8,10,12,14H,9,11,13H2,(H2,26,27,31). The summed E-state index contributed by atoms with van der Waals surface area (Å²) in [6.45, 7) is 1.21. The highest BCUT2D eigenvalue weighted by Gasteiger charge is 2.30. The number of aromatic amines is 2. The van der Waals surface area contributed by atoms with Crippen LogP contribution < -0.4 is 5.69 Å². The van der Waals surface area contributed by atoms with E-state index in [1.807, 2.05) is 76.3 Å². The Morgan fingerprint density at radius 1 is 0.968 bits per heavy atom. The topological polar surface area (TPSA) is 86.3 Å². The van der Waals surface area contributed by atoms with Crippen LogP contribution in [0.1, 0.15) is 21.6 Å². The molecule has 1 aliphatic heterocycles. The van der Waals surface area contributed by atoms with Crippen LogP contribution in [0, 0.1) is 0 Å². The lowest BCUT2D eigenvalue weighted by atomic mass is 9.96. The second-order valence-corrected chi connectivity index (χ2v) is 7.85. The van der Waals surface area contributed by atoms with Crippen LogP contribution in [0.25, 0.3) is 27.8 Å². The molecule has 0 unspecified atom stereocenters. The van der Waals surface area contributed by atoms with E-state index in [0.717, 1.165) is 44.6 Å². The first-order valence-electron chi connectivity index (χ1n) is 10.2. The average molecular weight is 409 g/mol. The summed E-state index contributed by atoms with van der Waals surface area (Å²) in [5, 5.41) is 0. The Morgan fingerprint density at radius 3 is 2.77 bits per heavy atom. The molecular formula is C24H19N5O2. The number of amides is 1. The van der Waals surface area contributed by atoms with Crippen molar-refractivity contribution in [1.82, 2.24) is 24.3 Å². The van der Waals surface area contributed by atoms with Crippen molar-refractivity contribution in [2.24, 2.45) is 0 Å². The minimum absolute atomic E-state index is 0.0389. The Kier molecular flexibility index (Phi) is 3.83. The van der Waals surface area contributed by atoms with Gasteiger partial charge in [0, 0.05) is 31.9 Å². The van der Waals surface area contributed by atoms with Gasteiger partial charge in [-0.1, -0.05) is 30.3 Å². The molecule has 1 amide bonds. The molecule has 31 heavy (non-hydrogen) atoms. The van der Waals surface area contributed by atoms with E-state index in [1.165, 1.54) is 0 Å². The van der Waals surface area contributed by atoms with Gasteiger partial charge in [-0.15, -0.1) is 0 Å². The van der Waals surface area contributed by atoms with Gasteiger partial charge in [-0.05, 0) is 41.0 Å². The molecule has 0 fully saturated rings. The Bertz CT molecular complexity index is 1490. The van der Waals surface area contributed by atoms with Gasteiger partial charge in [0.15, 0.2) is 0 Å². The average Bonchev–Trinajstić information content (AvgIpc) is 3.45. The molecule has 4 heterocycles. The molecule has 7 heteroatoms. The van der Waals surface area contributed by atoms with Gasteiger partial charge in [-0.3, -0.25) is 4.79 Å². The third-order valence-electron chi connectivity index (χ3n) is 5.89. The number of H-pyrrole nitrogens is 2. The molecule has 0 aliphatic carbocycles. The van der Waals surface area contributed by atoms with E-state index in [9.17, 15) is 9.59 Å². The quantitative estimate of drug-likeness (QED) is 0.477. The molecule has 3 aromatic heterocycles. The lowest BCUT2D eigenvalue weighted by molar-refractivity contribution is 0.0780. The van der Waals surface area contributed by atoms with Gasteiger partial charge in [0.25, 0.3) is 5.91 Å². The molecule has 2 aromatic carbocycles. The number of pyridine rings is 1. The Labute approximate surface area is 177 Å². The molecule has 152 valence electrons. The molecule has 6 rings (SSSR count). The second kappa shape index (κ2) is 6.70. The summed E-state index contributed by atoms with van der Waals surface area (Å²) in [7, 11) is 0. The normalized spacial score (nSPS) is 13.4. The van der Waals surface area contributed by atoms with Crippen LogP contribution in [0.2, 0.25) is 0 Å². The zero-order chi connectivity index (χ0) is 20.9. The number of imidazole rings is 2. The van der Waals surface area contributed by atoms with Crippen molar-refractivity contribution in [3.8, 4) is 11.1 Å². The zero-order valence-corrected chi connectivity index (χ0v) is 16.6. The van der Waals surface area contributed by atoms with Crippen molar-refractivity contribution in [2.45, 2.75) is 13.0 Å². The number of nitrogens with zero attached hydrogens (tertiary/aromatic N) is 3. The smallest absolute Gasteiger partial charge is 0.323 e. The third-order valence-corrected chi connectivity index (χ3v) is 5.89. The maximum Gasteiger partial charge on any atom is 0.323 e. The fourth-order valence-corrected chi connectivity index (χ4v) is 4.40. The van der Waals surface area contributed by atoms with Crippen LogP contribution in [-0.2, 0) is 13.0 Å². The molecule has 5 aromatic rings. The van der Waals surface area contributed by atoms with E-state index >= 15 is 0 Å². The molecule has 0 atom stereocenters. The van der Waals surface area contributed by atoms with Crippen molar-refractivity contribution >= 4 is 22.6 Å². The SMILES string of the molecule is O=C1c2c(cccc2-c2ccc3[nH]c(=O)[nH]c3c2)CN1CCc1cn2ccccc2n1. The summed E-state index contributed by atoms with van der Waals surface area (Å²) in [5.41, 5.74) is 6.70. The summed E-state index contributed by atoms with van der Waals surface area (Å²) in [5.74, 6) is 0.0389. The number of hydrogen-bond donors (Lipinski definition) is 2. The predicted molar refractivity (Wildman–Crippen MR) is 118 cm³/mol. The largest absolute Gasteiger partial charge is 0.334 e. The van der Waals surface area contributed by atoms with E-state index in [0.29, 0.717) is 19.5 Å². The van der Waals surface area contributed by atoms with Crippen molar-refractivity contribution in [3.05, 3.63) is 94.3 Å². The Balaban J connectivity index is 1.29. The van der Waals surface area contributed by atoms with Crippen LogP contribution in [0.4, 0.5) is 0 Å². The van der Waals surface area contributed by atoms with Gasteiger partial charge >= 0.3 is 5.69 Å². The van der Waals surface area contributed by atoms with Crippen LogP contribution in [0.15, 0.2) is 71.8 Å². The minimum Gasteiger partial charge on any atom is -0.334 e. The maximum atomic E-state index is 13.3. The van der Waals surface area contributed by atoms with Gasteiger partial charge in [0.05, 0.1) is 22.3 Å². The Morgan fingerprint density at radius 2 is 1.87 bits per heavy atom. The van der Waals surface area contributed by atoms with Gasteiger partial charge < -0.3 is 19.3 Å². The molecule has 0 saturated carbocycles. The zero-order valence-electron chi connectivity index (χ0n) is 16.6. The molecule has 0 bridgehead atoms. The summed E-state index contributed by atoms with van der Waals surface area (Å²) in [4.78, 5) is 36.9. The van der Waals surface area contributed by atoms with Crippen LogP contribution in [0.5, 0.6) is 0 Å². The van der Waals surface area contributed by atoms with E-state index in [1.54, 1.807) is 0 Å². The second-order valence-electron chi connectivity index (χ2n) is 7.85. The lowest BCUT2D eigenvalue weighted by Gasteiger charge is -2.15. The van der Waals surface area contributed by atoms with Crippen molar-refractivity contribution in [3.63, 3.8) is 0 Å². The molecular weight excluding hydrogens is 390 g/mol. The van der Waals surface area contributed by atoms with Crippen molar-refractivity contribution in [1.29, 1.82) is 0 Å². The number of nitrogens with one attached hydrogen (secondary N) is 2. The van der Waals surface area contributed by atoms with Gasteiger partial charge in [0.1, 0.15) is 5.65 Å². The molecule has 1 aliphatic rings. The lowest BCUT2D eigenvalue weighted by Crippen LogP contribution is -2.26. The number of rotatable bonds is 4. The highest BCUT2D eigenvalue weighted by atomic mass is 16.2. The number of benzene rings is 2. The highest BCUT2D eigenvalue weighted by Crippen LogP contribution is 2.33. The summed E-state index contributed by atoms with van der Waals surface area (Å²) < 4.78 is 2.00. The predicted octanol–water partition coefficient (Wildman–Crippen LogP) is 3.37. The highest BCUT2D eigenvalue weighted by molar-refractivity contribution is 6.05. The molecule has 0 spiro atoms. The number of aromatic nitrogens is 4. The molecule has 7 nitrogen and oxygen atoms in total. The molecule has 2 N–H and O–H groups in total. The van der Waals surface area contributed by atoms with Gasteiger partial charge in [-0.25, -0.2) is 9.78 Å². The number of carbonyl (C=O) groups is 1. The maximum absolute atomic E-state index is 13.3. The summed E-state index contributed by atoms with van der Waals surface area (Å²) in [6, 6.07) is 17.6. The van der Waals surface area contributed by atoms with E-state index in [-0.39, 0.29) is 11.6 Å². The van der Waals surface area contributed by atoms with Crippen LogP contribution in [0.3, 0.4) is 0 Å². The monoisotopic (exact) mass is 409 g/mol.